The highest BCUT2D eigenvalue weighted by molar-refractivity contribution is 5.75. The maximum absolute atomic E-state index is 12.1. The quantitative estimate of drug-likeness (QED) is 0.416. The second kappa shape index (κ2) is 13.5. The molecule has 0 unspecified atom stereocenters. The first kappa shape index (κ1) is 24.6. The van der Waals surface area contributed by atoms with E-state index in [4.69, 9.17) is 9.72 Å². The maximum atomic E-state index is 12.1. The maximum Gasteiger partial charge on any atom is 0.407 e. The molecule has 0 aliphatic carbocycles. The summed E-state index contributed by atoms with van der Waals surface area (Å²) < 4.78 is 5.27. The number of unbranched alkanes of at least 4 members (excludes halogenated alkanes) is 1. The number of ether oxygens (including phenoxy) is 1. The van der Waals surface area contributed by atoms with E-state index in [0.717, 1.165) is 62.1 Å². The van der Waals surface area contributed by atoms with Crippen molar-refractivity contribution in [1.29, 1.82) is 0 Å². The van der Waals surface area contributed by atoms with Crippen LogP contribution in [0.15, 0.2) is 42.5 Å². The van der Waals surface area contributed by atoms with Gasteiger partial charge in [-0.25, -0.2) is 9.78 Å². The lowest BCUT2D eigenvalue weighted by Gasteiger charge is -2.17. The summed E-state index contributed by atoms with van der Waals surface area (Å²) in [5, 5.41) is 9.21. The molecule has 1 aliphatic heterocycles. The number of rotatable bonds is 12. The van der Waals surface area contributed by atoms with Gasteiger partial charge in [-0.1, -0.05) is 43.3 Å². The van der Waals surface area contributed by atoms with Gasteiger partial charge in [0.15, 0.2) is 0 Å². The monoisotopic (exact) mass is 452 g/mol. The Morgan fingerprint density at radius 3 is 2.82 bits per heavy atom. The number of hydrogen-bond acceptors (Lipinski definition) is 5. The van der Waals surface area contributed by atoms with Crippen LogP contribution in [-0.2, 0) is 29.0 Å². The molecule has 0 spiro atoms. The summed E-state index contributed by atoms with van der Waals surface area (Å²) in [4.78, 5) is 28.9. The topological polar surface area (TPSA) is 92.4 Å². The number of carbonyl (C=O) groups is 2. The van der Waals surface area contributed by atoms with Crippen LogP contribution >= 0.6 is 0 Å². The fraction of sp³-hybridized carbons (Fsp3) is 0.500. The molecular formula is C26H36N4O3. The predicted octanol–water partition coefficient (Wildman–Crippen LogP) is 4.36. The van der Waals surface area contributed by atoms with Crippen LogP contribution in [0, 0.1) is 0 Å². The first-order chi connectivity index (χ1) is 16.1. The zero-order valence-electron chi connectivity index (χ0n) is 19.6. The largest absolute Gasteiger partial charge is 0.445 e. The molecule has 0 radical (unpaired) electrons. The van der Waals surface area contributed by atoms with Crippen molar-refractivity contribution in [3.63, 3.8) is 0 Å². The van der Waals surface area contributed by atoms with Crippen LogP contribution < -0.4 is 16.0 Å². The normalized spacial score (nSPS) is 13.4. The van der Waals surface area contributed by atoms with E-state index in [0.29, 0.717) is 19.4 Å². The third-order valence-electron chi connectivity index (χ3n) is 5.88. The van der Waals surface area contributed by atoms with Crippen molar-refractivity contribution in [2.24, 2.45) is 0 Å². The fourth-order valence-electron chi connectivity index (χ4n) is 3.88. The van der Waals surface area contributed by atoms with Gasteiger partial charge in [-0.3, -0.25) is 4.79 Å². The van der Waals surface area contributed by atoms with Crippen LogP contribution in [0.2, 0.25) is 0 Å². The number of anilines is 1. The van der Waals surface area contributed by atoms with E-state index in [1.54, 1.807) is 0 Å². The van der Waals surface area contributed by atoms with E-state index >= 15 is 0 Å². The summed E-state index contributed by atoms with van der Waals surface area (Å²) >= 11 is 0. The summed E-state index contributed by atoms with van der Waals surface area (Å²) in [6, 6.07) is 13.8. The Hall–Kier alpha value is -3.09. The molecule has 2 amide bonds. The van der Waals surface area contributed by atoms with Crippen LogP contribution in [0.25, 0.3) is 0 Å². The SMILES string of the molecule is CC[C@@H](CCNC(=O)CCCCc1ccc2c(n1)NCCC2)NC(=O)OCc1ccccc1. The van der Waals surface area contributed by atoms with E-state index < -0.39 is 6.09 Å². The number of aromatic nitrogens is 1. The Kier molecular flexibility index (Phi) is 10.0. The average molecular weight is 453 g/mol. The minimum Gasteiger partial charge on any atom is -0.445 e. The second-order valence-electron chi connectivity index (χ2n) is 8.50. The van der Waals surface area contributed by atoms with Gasteiger partial charge in [0.2, 0.25) is 5.91 Å². The molecule has 7 heteroatoms. The number of fused-ring (bicyclic) bond motifs is 1. The van der Waals surface area contributed by atoms with E-state index in [-0.39, 0.29) is 18.6 Å². The summed E-state index contributed by atoms with van der Waals surface area (Å²) in [5.74, 6) is 1.08. The summed E-state index contributed by atoms with van der Waals surface area (Å²) in [6.07, 6.45) is 6.44. The van der Waals surface area contributed by atoms with E-state index in [2.05, 4.69) is 28.1 Å². The molecule has 0 saturated carbocycles. The van der Waals surface area contributed by atoms with E-state index in [1.165, 1.54) is 5.56 Å². The highest BCUT2D eigenvalue weighted by Crippen LogP contribution is 2.20. The first-order valence-electron chi connectivity index (χ1n) is 12.1. The zero-order chi connectivity index (χ0) is 23.3. The molecule has 1 atom stereocenters. The number of nitrogens with one attached hydrogen (secondary N) is 3. The van der Waals surface area contributed by atoms with E-state index in [9.17, 15) is 9.59 Å². The van der Waals surface area contributed by atoms with Gasteiger partial charge >= 0.3 is 6.09 Å². The number of benzene rings is 1. The molecule has 33 heavy (non-hydrogen) atoms. The lowest BCUT2D eigenvalue weighted by atomic mass is 10.1. The molecule has 7 nitrogen and oxygen atoms in total. The Morgan fingerprint density at radius 2 is 2.00 bits per heavy atom. The minimum absolute atomic E-state index is 0.0303. The molecule has 2 heterocycles. The second-order valence-corrected chi connectivity index (χ2v) is 8.50. The molecule has 0 fully saturated rings. The molecule has 178 valence electrons. The van der Waals surface area contributed by atoms with Crippen molar-refractivity contribution < 1.29 is 14.3 Å². The van der Waals surface area contributed by atoms with Gasteiger partial charge in [-0.05, 0) is 62.1 Å². The zero-order valence-corrected chi connectivity index (χ0v) is 19.6. The van der Waals surface area contributed by atoms with Crippen LogP contribution in [0.4, 0.5) is 10.6 Å². The van der Waals surface area contributed by atoms with Gasteiger partial charge in [-0.2, -0.15) is 0 Å². The molecule has 1 aliphatic rings. The van der Waals surface area contributed by atoms with Crippen molar-refractivity contribution in [2.75, 3.05) is 18.4 Å². The van der Waals surface area contributed by atoms with Gasteiger partial charge in [-0.15, -0.1) is 0 Å². The van der Waals surface area contributed by atoms with Crippen LogP contribution in [0.3, 0.4) is 0 Å². The van der Waals surface area contributed by atoms with Crippen molar-refractivity contribution in [3.05, 3.63) is 59.3 Å². The summed E-state index contributed by atoms with van der Waals surface area (Å²) in [6.45, 7) is 3.78. The van der Waals surface area contributed by atoms with Crippen molar-refractivity contribution >= 4 is 17.8 Å². The molecule has 3 N–H and O–H groups in total. The number of amides is 2. The van der Waals surface area contributed by atoms with Gasteiger partial charge in [0, 0.05) is 31.2 Å². The Morgan fingerprint density at radius 1 is 1.15 bits per heavy atom. The number of alkyl carbamates (subject to hydrolysis) is 1. The Bertz CT molecular complexity index is 888. The average Bonchev–Trinajstić information content (AvgIpc) is 2.85. The highest BCUT2D eigenvalue weighted by Gasteiger charge is 2.13. The van der Waals surface area contributed by atoms with Crippen molar-refractivity contribution in [1.82, 2.24) is 15.6 Å². The van der Waals surface area contributed by atoms with Crippen LogP contribution in [-0.4, -0.2) is 36.1 Å². The smallest absolute Gasteiger partial charge is 0.407 e. The van der Waals surface area contributed by atoms with Gasteiger partial charge in [0.25, 0.3) is 0 Å². The standard InChI is InChI=1S/C26H36N4O3/c1-2-22(30-26(32)33-19-20-9-4-3-5-10-20)16-18-27-24(31)13-7-6-12-23-15-14-21-11-8-17-28-25(21)29-23/h3-5,9-10,14-15,22H,2,6-8,11-13,16-19H2,1H3,(H,27,31)(H,28,29)(H,30,32)/t22-/m0/s1. The van der Waals surface area contributed by atoms with Crippen LogP contribution in [0.5, 0.6) is 0 Å². The van der Waals surface area contributed by atoms with Crippen molar-refractivity contribution in [2.45, 2.75) is 70.9 Å². The molecule has 1 aromatic carbocycles. The Balaban J connectivity index is 1.25. The van der Waals surface area contributed by atoms with Crippen molar-refractivity contribution in [3.8, 4) is 0 Å². The molecule has 1 aromatic heterocycles. The third kappa shape index (κ3) is 8.75. The number of carbonyl (C=O) groups excluding carboxylic acids is 2. The molecule has 0 saturated heterocycles. The lowest BCUT2D eigenvalue weighted by molar-refractivity contribution is -0.121. The summed E-state index contributed by atoms with van der Waals surface area (Å²) in [5.41, 5.74) is 3.33. The minimum atomic E-state index is -0.428. The van der Waals surface area contributed by atoms with Crippen LogP contribution in [0.1, 0.15) is 62.3 Å². The summed E-state index contributed by atoms with van der Waals surface area (Å²) in [7, 11) is 0. The number of pyridine rings is 1. The number of hydrogen-bond donors (Lipinski definition) is 3. The molecule has 3 rings (SSSR count). The Labute approximate surface area is 196 Å². The molecule has 2 aromatic rings. The van der Waals surface area contributed by atoms with E-state index in [1.807, 2.05) is 37.3 Å². The van der Waals surface area contributed by atoms with Gasteiger partial charge in [0.1, 0.15) is 12.4 Å². The first-order valence-corrected chi connectivity index (χ1v) is 12.1. The highest BCUT2D eigenvalue weighted by atomic mass is 16.5. The third-order valence-corrected chi connectivity index (χ3v) is 5.88. The lowest BCUT2D eigenvalue weighted by Crippen LogP contribution is -2.37. The number of nitrogens with zero attached hydrogens (tertiary/aromatic N) is 1. The van der Waals surface area contributed by atoms with Gasteiger partial charge in [0.05, 0.1) is 0 Å². The number of aryl methyl sites for hydroxylation is 2. The molecular weight excluding hydrogens is 416 g/mol. The predicted molar refractivity (Wildman–Crippen MR) is 130 cm³/mol. The van der Waals surface area contributed by atoms with Gasteiger partial charge < -0.3 is 20.7 Å². The fourth-order valence-corrected chi connectivity index (χ4v) is 3.88. The molecule has 0 bridgehead atoms.